The van der Waals surface area contributed by atoms with Crippen LogP contribution in [0.15, 0.2) is 41.3 Å². The highest BCUT2D eigenvalue weighted by molar-refractivity contribution is 7.91. The van der Waals surface area contributed by atoms with Gasteiger partial charge in [0.05, 0.1) is 29.5 Å². The Balaban J connectivity index is 1.68. The zero-order valence-electron chi connectivity index (χ0n) is 18.5. The van der Waals surface area contributed by atoms with Gasteiger partial charge in [0, 0.05) is 31.6 Å². The van der Waals surface area contributed by atoms with Crippen LogP contribution in [0.5, 0.6) is 11.5 Å². The van der Waals surface area contributed by atoms with E-state index in [4.69, 9.17) is 9.47 Å². The Morgan fingerprint density at radius 3 is 2.50 bits per heavy atom. The van der Waals surface area contributed by atoms with Crippen LogP contribution in [0.2, 0.25) is 0 Å². The number of nitrogens with zero attached hydrogens (tertiary/aromatic N) is 1. The molecule has 3 rings (SSSR count). The molecule has 172 valence electrons. The van der Waals surface area contributed by atoms with E-state index >= 15 is 0 Å². The third kappa shape index (κ3) is 5.40. The second-order valence-electron chi connectivity index (χ2n) is 7.35. The third-order valence-corrected chi connectivity index (χ3v) is 6.83. The van der Waals surface area contributed by atoms with Crippen molar-refractivity contribution in [3.05, 3.63) is 42.0 Å². The molecule has 0 atom stereocenters. The smallest absolute Gasteiger partial charge is 0.225 e. The van der Waals surface area contributed by atoms with E-state index in [1.165, 1.54) is 13.0 Å². The third-order valence-electron chi connectivity index (χ3n) is 5.12. The molecule has 0 spiro atoms. The minimum atomic E-state index is -3.66. The van der Waals surface area contributed by atoms with Crippen LogP contribution in [-0.2, 0) is 25.8 Å². The molecule has 2 aromatic carbocycles. The summed E-state index contributed by atoms with van der Waals surface area (Å²) in [5.74, 6) is 0.226. The van der Waals surface area contributed by atoms with E-state index in [0.29, 0.717) is 43.4 Å². The topological polar surface area (TPSA) is 102 Å². The Hall–Kier alpha value is -3.07. The highest BCUT2D eigenvalue weighted by atomic mass is 32.2. The SMILES string of the molecule is CCOc1ccc(OCC)c(NC(=O)CCS(=O)(=O)c2ccc3c(c2)CCN3C(C)=O)c1. The Labute approximate surface area is 188 Å². The molecule has 0 fully saturated rings. The van der Waals surface area contributed by atoms with Crippen molar-refractivity contribution in [1.29, 1.82) is 0 Å². The predicted molar refractivity (Wildman–Crippen MR) is 122 cm³/mol. The van der Waals surface area contributed by atoms with E-state index in [1.54, 1.807) is 35.2 Å². The van der Waals surface area contributed by atoms with Gasteiger partial charge in [0.2, 0.25) is 11.8 Å². The number of benzene rings is 2. The standard InChI is InChI=1S/C23H28N2O6S/c1-4-30-18-6-9-22(31-5-2)20(15-18)24-23(27)11-13-32(28,29)19-7-8-21-17(14-19)10-12-25(21)16(3)26/h6-9,14-15H,4-5,10-13H2,1-3H3,(H,24,27). The second-order valence-corrected chi connectivity index (χ2v) is 9.46. The van der Waals surface area contributed by atoms with Crippen LogP contribution in [0.3, 0.4) is 0 Å². The zero-order chi connectivity index (χ0) is 23.3. The second kappa shape index (κ2) is 10.0. The first-order chi connectivity index (χ1) is 15.2. The van der Waals surface area contributed by atoms with Crippen molar-refractivity contribution >= 4 is 33.0 Å². The number of sulfone groups is 1. The maximum atomic E-state index is 12.8. The molecule has 32 heavy (non-hydrogen) atoms. The molecule has 2 amide bonds. The fourth-order valence-electron chi connectivity index (χ4n) is 3.60. The van der Waals surface area contributed by atoms with E-state index in [9.17, 15) is 18.0 Å². The number of amides is 2. The van der Waals surface area contributed by atoms with Crippen LogP contribution in [0, 0.1) is 0 Å². The van der Waals surface area contributed by atoms with Gasteiger partial charge in [-0.05, 0) is 56.2 Å². The molecule has 0 unspecified atom stereocenters. The van der Waals surface area contributed by atoms with Crippen LogP contribution >= 0.6 is 0 Å². The van der Waals surface area contributed by atoms with Gasteiger partial charge in [0.1, 0.15) is 11.5 Å². The van der Waals surface area contributed by atoms with Crippen molar-refractivity contribution in [3.8, 4) is 11.5 Å². The summed E-state index contributed by atoms with van der Waals surface area (Å²) in [6, 6.07) is 9.86. The number of hydrogen-bond donors (Lipinski definition) is 1. The summed E-state index contributed by atoms with van der Waals surface area (Å²) < 4.78 is 36.6. The summed E-state index contributed by atoms with van der Waals surface area (Å²) >= 11 is 0. The normalized spacial score (nSPS) is 12.9. The molecule has 1 aliphatic rings. The fourth-order valence-corrected chi connectivity index (χ4v) is 4.89. The Kier molecular flexibility index (Phi) is 7.40. The summed E-state index contributed by atoms with van der Waals surface area (Å²) in [6.45, 7) is 6.62. The van der Waals surface area contributed by atoms with Gasteiger partial charge in [-0.15, -0.1) is 0 Å². The van der Waals surface area contributed by atoms with Gasteiger partial charge in [-0.3, -0.25) is 9.59 Å². The van der Waals surface area contributed by atoms with Gasteiger partial charge in [-0.1, -0.05) is 0 Å². The van der Waals surface area contributed by atoms with Crippen LogP contribution in [0.1, 0.15) is 32.8 Å². The lowest BCUT2D eigenvalue weighted by molar-refractivity contribution is -0.117. The van der Waals surface area contributed by atoms with Gasteiger partial charge in [-0.25, -0.2) is 8.42 Å². The van der Waals surface area contributed by atoms with Crippen LogP contribution < -0.4 is 19.7 Å². The lowest BCUT2D eigenvalue weighted by Gasteiger charge is -2.15. The molecule has 0 radical (unpaired) electrons. The van der Waals surface area contributed by atoms with E-state index < -0.39 is 15.7 Å². The largest absolute Gasteiger partial charge is 0.494 e. The first-order valence-electron chi connectivity index (χ1n) is 10.6. The van der Waals surface area contributed by atoms with Crippen molar-refractivity contribution in [3.63, 3.8) is 0 Å². The Morgan fingerprint density at radius 2 is 1.81 bits per heavy atom. The maximum Gasteiger partial charge on any atom is 0.225 e. The van der Waals surface area contributed by atoms with Gasteiger partial charge < -0.3 is 19.7 Å². The summed E-state index contributed by atoms with van der Waals surface area (Å²) in [4.78, 5) is 26.0. The molecule has 0 saturated heterocycles. The van der Waals surface area contributed by atoms with E-state index in [0.717, 1.165) is 11.3 Å². The van der Waals surface area contributed by atoms with Crippen molar-refractivity contribution < 1.29 is 27.5 Å². The number of carbonyl (C=O) groups is 2. The van der Waals surface area contributed by atoms with Crippen LogP contribution in [-0.4, -0.2) is 45.7 Å². The molecular formula is C23H28N2O6S. The molecule has 0 aromatic heterocycles. The molecule has 0 bridgehead atoms. The molecule has 0 aliphatic carbocycles. The molecule has 1 heterocycles. The number of hydrogen-bond acceptors (Lipinski definition) is 6. The number of rotatable bonds is 9. The minimum Gasteiger partial charge on any atom is -0.494 e. The minimum absolute atomic E-state index is 0.0733. The molecule has 2 aromatic rings. The number of carbonyl (C=O) groups excluding carboxylic acids is 2. The Morgan fingerprint density at radius 1 is 1.06 bits per heavy atom. The molecule has 1 aliphatic heterocycles. The lowest BCUT2D eigenvalue weighted by atomic mass is 10.2. The van der Waals surface area contributed by atoms with Crippen molar-refractivity contribution in [1.82, 2.24) is 0 Å². The monoisotopic (exact) mass is 460 g/mol. The summed E-state index contributed by atoms with van der Waals surface area (Å²) in [5.41, 5.74) is 1.99. The fraction of sp³-hybridized carbons (Fsp3) is 0.391. The van der Waals surface area contributed by atoms with Crippen molar-refractivity contribution in [2.75, 3.05) is 35.7 Å². The summed E-state index contributed by atoms with van der Waals surface area (Å²) in [6.07, 6.45) is 0.401. The average Bonchev–Trinajstić information content (AvgIpc) is 3.18. The van der Waals surface area contributed by atoms with Gasteiger partial charge in [0.25, 0.3) is 0 Å². The van der Waals surface area contributed by atoms with E-state index in [1.807, 2.05) is 13.8 Å². The van der Waals surface area contributed by atoms with E-state index in [2.05, 4.69) is 5.32 Å². The van der Waals surface area contributed by atoms with E-state index in [-0.39, 0.29) is 23.0 Å². The van der Waals surface area contributed by atoms with Gasteiger partial charge in [0.15, 0.2) is 9.84 Å². The maximum absolute atomic E-state index is 12.8. The summed E-state index contributed by atoms with van der Waals surface area (Å²) in [7, 11) is -3.66. The highest BCUT2D eigenvalue weighted by Gasteiger charge is 2.25. The molecule has 9 heteroatoms. The van der Waals surface area contributed by atoms with Gasteiger partial charge in [-0.2, -0.15) is 0 Å². The molecular weight excluding hydrogens is 432 g/mol. The number of anilines is 2. The predicted octanol–water partition coefficient (Wildman–Crippen LogP) is 3.20. The molecule has 0 saturated carbocycles. The first-order valence-corrected chi connectivity index (χ1v) is 12.2. The average molecular weight is 461 g/mol. The lowest BCUT2D eigenvalue weighted by Crippen LogP contribution is -2.25. The number of fused-ring (bicyclic) bond motifs is 1. The zero-order valence-corrected chi connectivity index (χ0v) is 19.3. The van der Waals surface area contributed by atoms with Crippen molar-refractivity contribution in [2.45, 2.75) is 38.5 Å². The quantitative estimate of drug-likeness (QED) is 0.617. The Bertz CT molecular complexity index is 1110. The molecule has 1 N–H and O–H groups in total. The molecule has 8 nitrogen and oxygen atoms in total. The summed E-state index contributed by atoms with van der Waals surface area (Å²) in [5, 5.41) is 2.73. The highest BCUT2D eigenvalue weighted by Crippen LogP contribution is 2.31. The number of nitrogens with one attached hydrogen (secondary N) is 1. The van der Waals surface area contributed by atoms with Gasteiger partial charge >= 0.3 is 0 Å². The first kappa shape index (κ1) is 23.6. The van der Waals surface area contributed by atoms with Crippen LogP contribution in [0.4, 0.5) is 11.4 Å². The number of ether oxygens (including phenoxy) is 2. The van der Waals surface area contributed by atoms with Crippen molar-refractivity contribution in [2.24, 2.45) is 0 Å². The van der Waals surface area contributed by atoms with Crippen LogP contribution in [0.25, 0.3) is 0 Å².